The van der Waals surface area contributed by atoms with E-state index >= 15 is 0 Å². The minimum atomic E-state index is -3.48. The summed E-state index contributed by atoms with van der Waals surface area (Å²) >= 11 is 0. The van der Waals surface area contributed by atoms with E-state index in [1.165, 1.54) is 29.4 Å². The molecule has 0 saturated heterocycles. The number of sulfonamides is 1. The van der Waals surface area contributed by atoms with E-state index in [4.69, 9.17) is 4.74 Å². The number of hydrogen-bond acceptors (Lipinski definition) is 4. The lowest BCUT2D eigenvalue weighted by Gasteiger charge is -2.11. The average Bonchev–Trinajstić information content (AvgIpc) is 2.60. The largest absolute Gasteiger partial charge is 0.383 e. The molecule has 2 rings (SSSR count). The quantitative estimate of drug-likeness (QED) is 0.661. The summed E-state index contributed by atoms with van der Waals surface area (Å²) in [7, 11) is -1.94. The van der Waals surface area contributed by atoms with E-state index in [0.29, 0.717) is 13.2 Å². The zero-order chi connectivity index (χ0) is 19.2. The van der Waals surface area contributed by atoms with E-state index in [1.54, 1.807) is 12.1 Å². The van der Waals surface area contributed by atoms with Crippen LogP contribution in [0.4, 0.5) is 0 Å². The number of hydrogen-bond donors (Lipinski definition) is 2. The van der Waals surface area contributed by atoms with Crippen LogP contribution in [-0.4, -0.2) is 28.7 Å². The van der Waals surface area contributed by atoms with Crippen LogP contribution in [0.2, 0.25) is 0 Å². The highest BCUT2D eigenvalue weighted by atomic mass is 32.2. The third-order valence-corrected chi connectivity index (χ3v) is 5.91. The highest BCUT2D eigenvalue weighted by molar-refractivity contribution is 7.89. The highest BCUT2D eigenvalue weighted by Gasteiger charge is 2.12. The molecule has 0 aliphatic rings. The maximum Gasteiger partial charge on any atom is 0.240 e. The van der Waals surface area contributed by atoms with Gasteiger partial charge in [0.1, 0.15) is 0 Å². The first kappa shape index (κ1) is 20.6. The molecule has 2 aromatic carbocycles. The number of rotatable bonds is 9. The summed E-state index contributed by atoms with van der Waals surface area (Å²) in [6, 6.07) is 11.4. The first-order chi connectivity index (χ1) is 12.3. The molecule has 6 heteroatoms. The number of benzene rings is 2. The van der Waals surface area contributed by atoms with Crippen molar-refractivity contribution in [2.75, 3.05) is 20.3 Å². The van der Waals surface area contributed by atoms with Gasteiger partial charge in [-0.15, -0.1) is 0 Å². The lowest BCUT2D eigenvalue weighted by Crippen LogP contribution is -2.27. The molecule has 2 N–H and O–H groups in total. The summed E-state index contributed by atoms with van der Waals surface area (Å²) in [6.07, 6.45) is 0. The third-order valence-electron chi connectivity index (χ3n) is 4.43. The standard InChI is InChI=1S/C20H28N2O3S/c1-15-11-17(3)19(12-16(15)2)14-21-13-18-5-7-20(8-6-18)26(23,24)22-9-10-25-4/h5-8,11-12,21-22H,9-10,13-14H2,1-4H3. The van der Waals surface area contributed by atoms with Gasteiger partial charge in [0, 0.05) is 26.7 Å². The van der Waals surface area contributed by atoms with Gasteiger partial charge < -0.3 is 10.1 Å². The molecule has 0 amide bonds. The van der Waals surface area contributed by atoms with Crippen LogP contribution >= 0.6 is 0 Å². The summed E-state index contributed by atoms with van der Waals surface area (Å²) in [5.74, 6) is 0. The molecule has 0 aliphatic carbocycles. The van der Waals surface area contributed by atoms with Crippen molar-refractivity contribution in [1.29, 1.82) is 0 Å². The Balaban J connectivity index is 1.92. The van der Waals surface area contributed by atoms with Crippen LogP contribution < -0.4 is 10.0 Å². The van der Waals surface area contributed by atoms with Gasteiger partial charge in [-0.05, 0) is 60.7 Å². The van der Waals surface area contributed by atoms with Crippen LogP contribution in [0.25, 0.3) is 0 Å². The van der Waals surface area contributed by atoms with Gasteiger partial charge in [-0.25, -0.2) is 13.1 Å². The van der Waals surface area contributed by atoms with Gasteiger partial charge in [-0.3, -0.25) is 0 Å². The van der Waals surface area contributed by atoms with E-state index < -0.39 is 10.0 Å². The highest BCUT2D eigenvalue weighted by Crippen LogP contribution is 2.15. The molecule has 0 heterocycles. The van der Waals surface area contributed by atoms with Crippen molar-refractivity contribution < 1.29 is 13.2 Å². The molecule has 0 atom stereocenters. The second-order valence-electron chi connectivity index (χ2n) is 6.50. The molecule has 142 valence electrons. The molecule has 0 fully saturated rings. The molecular formula is C20H28N2O3S. The Morgan fingerprint density at radius 2 is 1.58 bits per heavy atom. The fourth-order valence-corrected chi connectivity index (χ4v) is 3.71. The van der Waals surface area contributed by atoms with E-state index in [1.807, 2.05) is 12.1 Å². The van der Waals surface area contributed by atoms with Crippen LogP contribution in [0, 0.1) is 20.8 Å². The zero-order valence-electron chi connectivity index (χ0n) is 15.9. The maximum absolute atomic E-state index is 12.1. The van der Waals surface area contributed by atoms with Gasteiger partial charge in [-0.1, -0.05) is 24.3 Å². The minimum absolute atomic E-state index is 0.261. The number of nitrogens with one attached hydrogen (secondary N) is 2. The van der Waals surface area contributed by atoms with E-state index in [9.17, 15) is 8.42 Å². The fraction of sp³-hybridized carbons (Fsp3) is 0.400. The van der Waals surface area contributed by atoms with Crippen LogP contribution in [-0.2, 0) is 27.8 Å². The molecular weight excluding hydrogens is 348 g/mol. The van der Waals surface area contributed by atoms with E-state index in [0.717, 1.165) is 12.1 Å². The molecule has 5 nitrogen and oxygen atoms in total. The molecule has 0 aromatic heterocycles. The number of ether oxygens (including phenoxy) is 1. The molecule has 26 heavy (non-hydrogen) atoms. The zero-order valence-corrected chi connectivity index (χ0v) is 16.7. The fourth-order valence-electron chi connectivity index (χ4n) is 2.70. The lowest BCUT2D eigenvalue weighted by atomic mass is 10.0. The smallest absolute Gasteiger partial charge is 0.240 e. The van der Waals surface area contributed by atoms with Gasteiger partial charge in [0.25, 0.3) is 0 Å². The Kier molecular flexibility index (Phi) is 7.34. The summed E-state index contributed by atoms with van der Waals surface area (Å²) in [6.45, 7) is 8.45. The summed E-state index contributed by atoms with van der Waals surface area (Å²) in [5, 5.41) is 3.42. The topological polar surface area (TPSA) is 67.4 Å². The number of methoxy groups -OCH3 is 1. The van der Waals surface area contributed by atoms with Crippen molar-refractivity contribution in [2.24, 2.45) is 0 Å². The Labute approximate surface area is 156 Å². The van der Waals surface area contributed by atoms with Crippen molar-refractivity contribution in [3.63, 3.8) is 0 Å². The van der Waals surface area contributed by atoms with Crippen molar-refractivity contribution >= 4 is 10.0 Å². The average molecular weight is 377 g/mol. The molecule has 0 unspecified atom stereocenters. The van der Waals surface area contributed by atoms with Crippen molar-refractivity contribution in [1.82, 2.24) is 10.0 Å². The number of aryl methyl sites for hydroxylation is 3. The molecule has 0 bridgehead atoms. The molecule has 0 aliphatic heterocycles. The Morgan fingerprint density at radius 1 is 0.923 bits per heavy atom. The van der Waals surface area contributed by atoms with Gasteiger partial charge in [0.15, 0.2) is 0 Å². The predicted molar refractivity (Wildman–Crippen MR) is 105 cm³/mol. The summed E-state index contributed by atoms with van der Waals surface area (Å²) in [5.41, 5.74) is 6.21. The van der Waals surface area contributed by atoms with E-state index in [-0.39, 0.29) is 11.4 Å². The first-order valence-electron chi connectivity index (χ1n) is 8.68. The van der Waals surface area contributed by atoms with E-state index in [2.05, 4.69) is 42.9 Å². The molecule has 0 spiro atoms. The monoisotopic (exact) mass is 376 g/mol. The Hall–Kier alpha value is -1.73. The molecule has 2 aromatic rings. The molecule has 0 saturated carbocycles. The normalized spacial score (nSPS) is 11.7. The lowest BCUT2D eigenvalue weighted by molar-refractivity contribution is 0.204. The van der Waals surface area contributed by atoms with Crippen LogP contribution in [0.5, 0.6) is 0 Å². The third kappa shape index (κ3) is 5.64. The summed E-state index contributed by atoms with van der Waals surface area (Å²) in [4.78, 5) is 0.266. The van der Waals surface area contributed by atoms with Crippen LogP contribution in [0.15, 0.2) is 41.3 Å². The second kappa shape index (κ2) is 9.28. The van der Waals surface area contributed by atoms with Crippen LogP contribution in [0.1, 0.15) is 27.8 Å². The Bertz CT molecular complexity index is 831. The predicted octanol–water partition coefficient (Wildman–Crippen LogP) is 2.83. The van der Waals surface area contributed by atoms with Crippen molar-refractivity contribution in [2.45, 2.75) is 38.8 Å². The first-order valence-corrected chi connectivity index (χ1v) is 10.2. The van der Waals surface area contributed by atoms with Gasteiger partial charge in [0.2, 0.25) is 10.0 Å². The van der Waals surface area contributed by atoms with Crippen molar-refractivity contribution in [3.8, 4) is 0 Å². The van der Waals surface area contributed by atoms with Gasteiger partial charge in [0.05, 0.1) is 11.5 Å². The van der Waals surface area contributed by atoms with Gasteiger partial charge in [-0.2, -0.15) is 0 Å². The SMILES string of the molecule is COCCNS(=O)(=O)c1ccc(CNCc2cc(C)c(C)cc2C)cc1. The summed E-state index contributed by atoms with van der Waals surface area (Å²) < 4.78 is 31.6. The second-order valence-corrected chi connectivity index (χ2v) is 8.27. The maximum atomic E-state index is 12.1. The van der Waals surface area contributed by atoms with Crippen LogP contribution in [0.3, 0.4) is 0 Å². The Morgan fingerprint density at radius 3 is 2.23 bits per heavy atom. The van der Waals surface area contributed by atoms with Gasteiger partial charge >= 0.3 is 0 Å². The van der Waals surface area contributed by atoms with Crippen molar-refractivity contribution in [3.05, 3.63) is 64.2 Å². The minimum Gasteiger partial charge on any atom is -0.383 e. The molecule has 0 radical (unpaired) electrons.